The molecule has 2 fully saturated rings. The molecule has 4 nitrogen and oxygen atoms in total. The van der Waals surface area contributed by atoms with E-state index in [4.69, 9.17) is 4.98 Å². The second-order valence-corrected chi connectivity index (χ2v) is 8.67. The zero-order valence-corrected chi connectivity index (χ0v) is 16.9. The smallest absolute Gasteiger partial charge is 0.331 e. The molecule has 1 aliphatic carbocycles. The maximum Gasteiger partial charge on any atom is 0.418 e. The van der Waals surface area contributed by atoms with Crippen molar-refractivity contribution in [2.24, 2.45) is 17.8 Å². The summed E-state index contributed by atoms with van der Waals surface area (Å²) >= 11 is 0. The number of piperidine rings is 1. The van der Waals surface area contributed by atoms with Crippen molar-refractivity contribution < 1.29 is 17.6 Å². The molecular weight excluding hydrogens is 384 g/mol. The second-order valence-electron chi connectivity index (χ2n) is 8.67. The van der Waals surface area contributed by atoms with E-state index < -0.39 is 11.7 Å². The minimum atomic E-state index is -4.44. The van der Waals surface area contributed by atoms with Crippen molar-refractivity contribution >= 4 is 0 Å². The van der Waals surface area contributed by atoms with Gasteiger partial charge in [0.25, 0.3) is 0 Å². The van der Waals surface area contributed by atoms with Gasteiger partial charge in [0, 0.05) is 55.7 Å². The van der Waals surface area contributed by atoms with E-state index in [0.29, 0.717) is 41.6 Å². The first kappa shape index (κ1) is 20.3. The summed E-state index contributed by atoms with van der Waals surface area (Å²) in [7, 11) is 0. The van der Waals surface area contributed by atoms with E-state index in [1.54, 1.807) is 0 Å². The lowest BCUT2D eigenvalue weighted by Crippen LogP contribution is -2.27. The number of imidazole rings is 1. The summed E-state index contributed by atoms with van der Waals surface area (Å²) in [5.74, 6) is 2.22. The fraction of sp³-hybridized carbons (Fsp3) is 0.619. The molecule has 29 heavy (non-hydrogen) atoms. The van der Waals surface area contributed by atoms with Gasteiger partial charge in [0.2, 0.25) is 0 Å². The number of halogens is 4. The number of fused-ring (bicyclic) bond motifs is 1. The number of hydrogen-bond donors (Lipinski definition) is 0. The van der Waals surface area contributed by atoms with Crippen LogP contribution < -0.4 is 0 Å². The minimum Gasteiger partial charge on any atom is -0.331 e. The molecule has 2 aliphatic rings. The Kier molecular flexibility index (Phi) is 5.17. The normalized spacial score (nSPS) is 24.3. The molecule has 2 aromatic heterocycles. The van der Waals surface area contributed by atoms with Gasteiger partial charge in [0.1, 0.15) is 12.5 Å². The van der Waals surface area contributed by atoms with E-state index in [-0.39, 0.29) is 12.4 Å². The number of likely N-dealkylation sites (tertiary alicyclic amines) is 1. The summed E-state index contributed by atoms with van der Waals surface area (Å²) in [6.07, 6.45) is -0.334. The van der Waals surface area contributed by atoms with Gasteiger partial charge in [-0.1, -0.05) is 13.8 Å². The summed E-state index contributed by atoms with van der Waals surface area (Å²) in [5.41, 5.74) is 0.161. The maximum absolute atomic E-state index is 13.3. The molecule has 1 saturated heterocycles. The van der Waals surface area contributed by atoms with Gasteiger partial charge in [-0.05, 0) is 30.7 Å². The monoisotopic (exact) mass is 410 g/mol. The molecule has 3 heterocycles. The Labute approximate surface area is 168 Å². The molecule has 1 unspecified atom stereocenters. The number of nitrogens with zero attached hydrogens (tertiary/aromatic N) is 4. The fourth-order valence-electron chi connectivity index (χ4n) is 4.60. The molecule has 0 radical (unpaired) electrons. The Morgan fingerprint density at radius 2 is 1.90 bits per heavy atom. The topological polar surface area (TPSA) is 34.0 Å². The van der Waals surface area contributed by atoms with Crippen molar-refractivity contribution in [1.82, 2.24) is 19.4 Å². The van der Waals surface area contributed by atoms with Crippen LogP contribution >= 0.6 is 0 Å². The largest absolute Gasteiger partial charge is 0.418 e. The number of hydrogen-bond acceptors (Lipinski definition) is 3. The van der Waals surface area contributed by atoms with Crippen LogP contribution in [0.1, 0.15) is 37.0 Å². The number of pyridine rings is 1. The first-order valence-electron chi connectivity index (χ1n) is 10.1. The third-order valence-electron chi connectivity index (χ3n) is 6.03. The molecule has 0 spiro atoms. The number of rotatable bonds is 6. The van der Waals surface area contributed by atoms with Gasteiger partial charge in [0.05, 0.1) is 11.3 Å². The maximum atomic E-state index is 13.3. The van der Waals surface area contributed by atoms with Gasteiger partial charge in [-0.15, -0.1) is 0 Å². The van der Waals surface area contributed by atoms with Crippen molar-refractivity contribution in [3.8, 4) is 11.3 Å². The Hall–Kier alpha value is -1.96. The van der Waals surface area contributed by atoms with Gasteiger partial charge in [-0.3, -0.25) is 4.98 Å². The minimum absolute atomic E-state index is 0.0345. The SMILES string of the molecule is Cc1ncc(-c2cn(C3[C@H]4CN(CCF)C[C@@H]34)c(CC(C)C)n2)cc1C(F)(F)F. The van der Waals surface area contributed by atoms with Crippen LogP contribution in [0, 0.1) is 24.7 Å². The Bertz CT molecular complexity index is 877. The molecule has 1 aliphatic heterocycles. The van der Waals surface area contributed by atoms with E-state index in [1.807, 2.05) is 6.20 Å². The highest BCUT2D eigenvalue weighted by Gasteiger charge is 2.57. The molecule has 0 amide bonds. The van der Waals surface area contributed by atoms with Crippen LogP contribution in [-0.2, 0) is 12.6 Å². The average molecular weight is 410 g/mol. The van der Waals surface area contributed by atoms with Gasteiger partial charge in [-0.25, -0.2) is 9.37 Å². The van der Waals surface area contributed by atoms with Gasteiger partial charge >= 0.3 is 6.18 Å². The van der Waals surface area contributed by atoms with Gasteiger partial charge < -0.3 is 9.47 Å². The molecule has 0 aromatic carbocycles. The van der Waals surface area contributed by atoms with Gasteiger partial charge in [-0.2, -0.15) is 13.2 Å². The van der Waals surface area contributed by atoms with E-state index in [1.165, 1.54) is 13.1 Å². The van der Waals surface area contributed by atoms with E-state index in [0.717, 1.165) is 31.4 Å². The molecule has 8 heteroatoms. The summed E-state index contributed by atoms with van der Waals surface area (Å²) in [5, 5.41) is 0. The standard InChI is InChI=1S/C21H26F4N4/c1-12(2)6-19-27-18(14-7-17(21(23,24)25)13(3)26-8-14)11-29(19)20-15-9-28(5-4-22)10-16(15)20/h7-8,11-12,15-16,20H,4-6,9-10H2,1-3H3/t15-,16+,20?. The summed E-state index contributed by atoms with van der Waals surface area (Å²) in [4.78, 5) is 10.8. The molecule has 4 rings (SSSR count). The summed E-state index contributed by atoms with van der Waals surface area (Å²) < 4.78 is 54.7. The van der Waals surface area contributed by atoms with Crippen LogP contribution in [0.5, 0.6) is 0 Å². The highest BCUT2D eigenvalue weighted by atomic mass is 19.4. The Morgan fingerprint density at radius 1 is 1.21 bits per heavy atom. The van der Waals surface area contributed by atoms with Crippen molar-refractivity contribution in [2.45, 2.75) is 39.4 Å². The third kappa shape index (κ3) is 3.91. The molecule has 0 N–H and O–H groups in total. The van der Waals surface area contributed by atoms with Crippen LogP contribution in [0.3, 0.4) is 0 Å². The van der Waals surface area contributed by atoms with Crippen LogP contribution in [0.4, 0.5) is 17.6 Å². The van der Waals surface area contributed by atoms with Crippen LogP contribution in [-0.4, -0.2) is 45.7 Å². The Morgan fingerprint density at radius 3 is 2.48 bits per heavy atom. The molecule has 1 saturated carbocycles. The number of alkyl halides is 4. The van der Waals surface area contributed by atoms with Crippen LogP contribution in [0.2, 0.25) is 0 Å². The predicted molar refractivity (Wildman–Crippen MR) is 102 cm³/mol. The van der Waals surface area contributed by atoms with Crippen LogP contribution in [0.25, 0.3) is 11.3 Å². The predicted octanol–water partition coefficient (Wildman–Crippen LogP) is 4.54. The van der Waals surface area contributed by atoms with Crippen molar-refractivity contribution in [3.05, 3.63) is 35.5 Å². The average Bonchev–Trinajstić information content (AvgIpc) is 2.96. The fourth-order valence-corrected chi connectivity index (χ4v) is 4.60. The van der Waals surface area contributed by atoms with Crippen LogP contribution in [0.15, 0.2) is 18.5 Å². The van der Waals surface area contributed by atoms with E-state index in [2.05, 4.69) is 28.3 Å². The molecular formula is C21H26F4N4. The number of aromatic nitrogens is 3. The molecule has 2 aromatic rings. The first-order chi connectivity index (χ1) is 13.7. The number of aryl methyl sites for hydroxylation is 1. The Balaban J connectivity index is 1.64. The summed E-state index contributed by atoms with van der Waals surface area (Å²) in [6, 6.07) is 1.45. The summed E-state index contributed by atoms with van der Waals surface area (Å²) in [6.45, 7) is 7.46. The second kappa shape index (κ2) is 7.38. The van der Waals surface area contributed by atoms with E-state index >= 15 is 0 Å². The lowest BCUT2D eigenvalue weighted by Gasteiger charge is -2.19. The zero-order chi connectivity index (χ0) is 20.9. The third-order valence-corrected chi connectivity index (χ3v) is 6.03. The first-order valence-corrected chi connectivity index (χ1v) is 10.1. The quantitative estimate of drug-likeness (QED) is 0.656. The molecule has 0 bridgehead atoms. The molecule has 3 atom stereocenters. The van der Waals surface area contributed by atoms with E-state index in [9.17, 15) is 17.6 Å². The molecule has 158 valence electrons. The highest BCUT2D eigenvalue weighted by Crippen LogP contribution is 2.56. The zero-order valence-electron chi connectivity index (χ0n) is 16.9. The van der Waals surface area contributed by atoms with Crippen molar-refractivity contribution in [3.63, 3.8) is 0 Å². The van der Waals surface area contributed by atoms with Gasteiger partial charge in [0.15, 0.2) is 0 Å². The van der Waals surface area contributed by atoms with Crippen molar-refractivity contribution in [1.29, 1.82) is 0 Å². The lowest BCUT2D eigenvalue weighted by molar-refractivity contribution is -0.138. The van der Waals surface area contributed by atoms with Crippen molar-refractivity contribution in [2.75, 3.05) is 26.3 Å². The highest BCUT2D eigenvalue weighted by molar-refractivity contribution is 5.59. The lowest BCUT2D eigenvalue weighted by atomic mass is 10.1.